The van der Waals surface area contributed by atoms with Crippen LogP contribution in [0.15, 0.2) is 62.8 Å². The second-order valence-corrected chi connectivity index (χ2v) is 5.12. The van der Waals surface area contributed by atoms with Gasteiger partial charge in [-0.1, -0.05) is 33.8 Å². The first-order valence-electron chi connectivity index (χ1n) is 4.46. The molecule has 0 atom stereocenters. The highest BCUT2D eigenvalue weighted by molar-refractivity contribution is 9.10. The van der Waals surface area contributed by atoms with Crippen molar-refractivity contribution < 1.29 is 5.11 Å². The van der Waals surface area contributed by atoms with Gasteiger partial charge in [-0.2, -0.15) is 0 Å². The summed E-state index contributed by atoms with van der Waals surface area (Å²) in [6.45, 7) is 0. The minimum Gasteiger partial charge on any atom is -0.508 e. The number of halogens is 1. The Hall–Kier alpha value is -0.930. The number of aromatic hydroxyl groups is 1. The molecule has 0 fully saturated rings. The van der Waals surface area contributed by atoms with E-state index in [1.54, 1.807) is 23.9 Å². The van der Waals surface area contributed by atoms with Gasteiger partial charge in [0.2, 0.25) is 0 Å². The highest BCUT2D eigenvalue weighted by Crippen LogP contribution is 2.30. The van der Waals surface area contributed by atoms with Crippen molar-refractivity contribution in [3.8, 4) is 5.75 Å². The van der Waals surface area contributed by atoms with Crippen molar-refractivity contribution in [3.05, 3.63) is 53.0 Å². The summed E-state index contributed by atoms with van der Waals surface area (Å²) in [5.41, 5.74) is 0. The Morgan fingerprint density at radius 1 is 0.933 bits per heavy atom. The Balaban J connectivity index is 2.18. The average molecular weight is 281 g/mol. The largest absolute Gasteiger partial charge is 0.508 e. The van der Waals surface area contributed by atoms with Crippen LogP contribution in [0.25, 0.3) is 0 Å². The maximum Gasteiger partial charge on any atom is 0.115 e. The van der Waals surface area contributed by atoms with E-state index in [1.165, 1.54) is 4.90 Å². The summed E-state index contributed by atoms with van der Waals surface area (Å²) in [7, 11) is 0. The molecule has 15 heavy (non-hydrogen) atoms. The van der Waals surface area contributed by atoms with Crippen molar-refractivity contribution in [1.82, 2.24) is 0 Å². The van der Waals surface area contributed by atoms with E-state index in [1.807, 2.05) is 24.3 Å². The molecule has 2 rings (SSSR count). The first kappa shape index (κ1) is 10.6. The van der Waals surface area contributed by atoms with E-state index >= 15 is 0 Å². The van der Waals surface area contributed by atoms with Crippen molar-refractivity contribution in [2.45, 2.75) is 9.79 Å². The lowest BCUT2D eigenvalue weighted by Gasteiger charge is -2.02. The number of rotatable bonds is 2. The lowest BCUT2D eigenvalue weighted by molar-refractivity contribution is 0.475. The van der Waals surface area contributed by atoms with Crippen LogP contribution in [-0.4, -0.2) is 5.11 Å². The van der Waals surface area contributed by atoms with Gasteiger partial charge in [-0.3, -0.25) is 0 Å². The Labute approximate surface area is 101 Å². The summed E-state index contributed by atoms with van der Waals surface area (Å²) in [4.78, 5) is 2.29. The second-order valence-electron chi connectivity index (χ2n) is 3.05. The zero-order chi connectivity index (χ0) is 10.7. The normalized spacial score (nSPS) is 10.2. The minimum absolute atomic E-state index is 0.300. The molecule has 0 spiro atoms. The van der Waals surface area contributed by atoms with Crippen molar-refractivity contribution in [2.24, 2.45) is 0 Å². The van der Waals surface area contributed by atoms with Gasteiger partial charge >= 0.3 is 0 Å². The molecule has 0 aromatic heterocycles. The fourth-order valence-corrected chi connectivity index (χ4v) is 2.61. The van der Waals surface area contributed by atoms with Crippen molar-refractivity contribution in [3.63, 3.8) is 0 Å². The second kappa shape index (κ2) is 4.73. The maximum atomic E-state index is 9.15. The number of phenols is 1. The smallest absolute Gasteiger partial charge is 0.115 e. The van der Waals surface area contributed by atoms with E-state index < -0.39 is 0 Å². The Morgan fingerprint density at radius 3 is 2.33 bits per heavy atom. The van der Waals surface area contributed by atoms with E-state index in [9.17, 15) is 0 Å². The molecule has 1 N–H and O–H groups in total. The van der Waals surface area contributed by atoms with E-state index in [0.29, 0.717) is 5.75 Å². The molecule has 76 valence electrons. The van der Waals surface area contributed by atoms with Gasteiger partial charge in [-0.25, -0.2) is 0 Å². The van der Waals surface area contributed by atoms with Crippen LogP contribution in [0.5, 0.6) is 5.75 Å². The molecule has 2 aromatic rings. The Morgan fingerprint density at radius 2 is 1.67 bits per heavy atom. The average Bonchev–Trinajstić information content (AvgIpc) is 2.22. The predicted molar refractivity (Wildman–Crippen MR) is 66.4 cm³/mol. The fraction of sp³-hybridized carbons (Fsp3) is 0. The molecule has 3 heteroatoms. The molecule has 0 heterocycles. The van der Waals surface area contributed by atoms with E-state index in [0.717, 1.165) is 9.37 Å². The lowest BCUT2D eigenvalue weighted by Crippen LogP contribution is -1.73. The third kappa shape index (κ3) is 3.01. The molecule has 0 radical (unpaired) electrons. The highest BCUT2D eigenvalue weighted by Gasteiger charge is 1.97. The molecular weight excluding hydrogens is 272 g/mol. The molecule has 1 nitrogen and oxygen atoms in total. The first-order chi connectivity index (χ1) is 7.24. The zero-order valence-electron chi connectivity index (χ0n) is 7.85. The molecule has 0 aliphatic carbocycles. The zero-order valence-corrected chi connectivity index (χ0v) is 10.3. The van der Waals surface area contributed by atoms with Gasteiger partial charge in [0.05, 0.1) is 0 Å². The number of benzene rings is 2. The quantitative estimate of drug-likeness (QED) is 0.885. The van der Waals surface area contributed by atoms with Crippen LogP contribution in [0, 0.1) is 0 Å². The molecular formula is C12H9BrOS. The van der Waals surface area contributed by atoms with Gasteiger partial charge in [-0.05, 0) is 42.5 Å². The van der Waals surface area contributed by atoms with Gasteiger partial charge in [0, 0.05) is 14.3 Å². The van der Waals surface area contributed by atoms with Gasteiger partial charge in [0.15, 0.2) is 0 Å². The molecule has 0 saturated carbocycles. The summed E-state index contributed by atoms with van der Waals surface area (Å²) in [6, 6.07) is 15.3. The first-order valence-corrected chi connectivity index (χ1v) is 6.07. The van der Waals surface area contributed by atoms with E-state index in [-0.39, 0.29) is 0 Å². The predicted octanol–water partition coefficient (Wildman–Crippen LogP) is 4.31. The number of phenolic OH excluding ortho intramolecular Hbond substituents is 1. The van der Waals surface area contributed by atoms with Crippen LogP contribution >= 0.6 is 27.7 Å². The van der Waals surface area contributed by atoms with Crippen LogP contribution in [0.4, 0.5) is 0 Å². The number of hydrogen-bond acceptors (Lipinski definition) is 2. The summed E-state index contributed by atoms with van der Waals surface area (Å²) >= 11 is 5.10. The van der Waals surface area contributed by atoms with Crippen LogP contribution in [0.1, 0.15) is 0 Å². The van der Waals surface area contributed by atoms with Crippen molar-refractivity contribution in [2.75, 3.05) is 0 Å². The number of hydrogen-bond donors (Lipinski definition) is 1. The Bertz CT molecular complexity index is 453. The van der Waals surface area contributed by atoms with Crippen LogP contribution in [0.2, 0.25) is 0 Å². The highest BCUT2D eigenvalue weighted by atomic mass is 79.9. The van der Waals surface area contributed by atoms with Gasteiger partial charge in [0.1, 0.15) is 5.75 Å². The molecule has 0 aliphatic rings. The molecule has 0 bridgehead atoms. The monoisotopic (exact) mass is 280 g/mol. The summed E-state index contributed by atoms with van der Waals surface area (Å²) in [6.07, 6.45) is 0. The summed E-state index contributed by atoms with van der Waals surface area (Å²) in [5, 5.41) is 9.15. The van der Waals surface area contributed by atoms with E-state index in [2.05, 4.69) is 28.1 Å². The molecule has 2 aromatic carbocycles. The topological polar surface area (TPSA) is 20.2 Å². The SMILES string of the molecule is Oc1ccc(Sc2cccc(Br)c2)cc1. The standard InChI is InChI=1S/C12H9BrOS/c13-9-2-1-3-12(8-9)15-11-6-4-10(14)5-7-11/h1-8,14H. The van der Waals surface area contributed by atoms with Crippen molar-refractivity contribution >= 4 is 27.7 Å². The summed E-state index contributed by atoms with van der Waals surface area (Å²) in [5.74, 6) is 0.300. The Kier molecular flexibility index (Phi) is 3.34. The molecule has 0 aliphatic heterocycles. The van der Waals surface area contributed by atoms with Gasteiger partial charge < -0.3 is 5.11 Å². The lowest BCUT2D eigenvalue weighted by atomic mass is 10.3. The van der Waals surface area contributed by atoms with Crippen LogP contribution in [-0.2, 0) is 0 Å². The van der Waals surface area contributed by atoms with Crippen LogP contribution in [0.3, 0.4) is 0 Å². The molecule has 0 unspecified atom stereocenters. The third-order valence-electron chi connectivity index (χ3n) is 1.87. The third-order valence-corrected chi connectivity index (χ3v) is 3.36. The van der Waals surface area contributed by atoms with Crippen LogP contribution < -0.4 is 0 Å². The van der Waals surface area contributed by atoms with Crippen molar-refractivity contribution in [1.29, 1.82) is 0 Å². The maximum absolute atomic E-state index is 9.15. The summed E-state index contributed by atoms with van der Waals surface area (Å²) < 4.78 is 1.08. The minimum atomic E-state index is 0.300. The van der Waals surface area contributed by atoms with E-state index in [4.69, 9.17) is 5.11 Å². The molecule has 0 amide bonds. The van der Waals surface area contributed by atoms with Gasteiger partial charge in [-0.15, -0.1) is 0 Å². The van der Waals surface area contributed by atoms with Gasteiger partial charge in [0.25, 0.3) is 0 Å². The molecule has 0 saturated heterocycles. The fourth-order valence-electron chi connectivity index (χ4n) is 1.18.